The fourth-order valence-corrected chi connectivity index (χ4v) is 2.91. The molecule has 2 atom stereocenters. The van der Waals surface area contributed by atoms with Crippen LogP contribution in [0.1, 0.15) is 58.2 Å². The fraction of sp³-hybridized carbons (Fsp3) is 0.800. The zero-order valence-corrected chi connectivity index (χ0v) is 13.5. The first-order chi connectivity index (χ1) is 9.81. The van der Waals surface area contributed by atoms with Crippen molar-refractivity contribution in [1.29, 1.82) is 0 Å². The number of nitrogens with one attached hydrogen (secondary N) is 1. The molecule has 0 bridgehead atoms. The van der Waals surface area contributed by atoms with Crippen LogP contribution >= 0.6 is 0 Å². The van der Waals surface area contributed by atoms with Crippen molar-refractivity contribution < 1.29 is 4.79 Å². The number of rotatable bonds is 5. The summed E-state index contributed by atoms with van der Waals surface area (Å²) in [4.78, 5) is 12.4. The highest BCUT2D eigenvalue weighted by atomic mass is 16.2. The number of carbonyl (C=O) groups excluding carboxylic acids is 1. The molecule has 0 fully saturated rings. The Bertz CT molecular complexity index is 503. The van der Waals surface area contributed by atoms with Crippen LogP contribution in [-0.2, 0) is 17.8 Å². The summed E-state index contributed by atoms with van der Waals surface area (Å²) in [6, 6.07) is -0.133. The first-order valence-electron chi connectivity index (χ1n) is 7.74. The highest BCUT2D eigenvalue weighted by molar-refractivity contribution is 5.79. The number of amides is 1. The van der Waals surface area contributed by atoms with Gasteiger partial charge in [-0.1, -0.05) is 20.8 Å². The van der Waals surface area contributed by atoms with Gasteiger partial charge >= 0.3 is 0 Å². The van der Waals surface area contributed by atoms with E-state index in [9.17, 15) is 4.79 Å². The normalized spacial score (nSPS) is 17.4. The highest BCUT2D eigenvalue weighted by Crippen LogP contribution is 2.25. The molecule has 0 saturated carbocycles. The van der Waals surface area contributed by atoms with Crippen molar-refractivity contribution in [2.45, 2.75) is 59.5 Å². The van der Waals surface area contributed by atoms with Crippen molar-refractivity contribution >= 4 is 5.91 Å². The summed E-state index contributed by atoms with van der Waals surface area (Å²) in [5.41, 5.74) is 5.86. The van der Waals surface area contributed by atoms with E-state index in [0.29, 0.717) is 6.54 Å². The SMILES string of the molecule is CC(NC(=O)C(CN)CC(C)(C)C)c1nnc2n1CCC2. The van der Waals surface area contributed by atoms with Gasteiger partial charge < -0.3 is 15.6 Å². The minimum atomic E-state index is -0.159. The third-order valence-electron chi connectivity index (χ3n) is 3.90. The summed E-state index contributed by atoms with van der Waals surface area (Å²) in [6.07, 6.45) is 2.86. The number of aromatic nitrogens is 3. The van der Waals surface area contributed by atoms with Crippen LogP contribution in [0.2, 0.25) is 0 Å². The lowest BCUT2D eigenvalue weighted by molar-refractivity contribution is -0.126. The van der Waals surface area contributed by atoms with Crippen LogP contribution in [0.15, 0.2) is 0 Å². The van der Waals surface area contributed by atoms with E-state index in [0.717, 1.165) is 37.5 Å². The molecule has 21 heavy (non-hydrogen) atoms. The summed E-state index contributed by atoms with van der Waals surface area (Å²) in [6.45, 7) is 9.64. The topological polar surface area (TPSA) is 85.8 Å². The average molecular weight is 293 g/mol. The third kappa shape index (κ3) is 3.81. The maximum Gasteiger partial charge on any atom is 0.224 e. The molecule has 1 aliphatic rings. The number of nitrogens with zero attached hydrogens (tertiary/aromatic N) is 3. The lowest BCUT2D eigenvalue weighted by Crippen LogP contribution is -2.39. The smallest absolute Gasteiger partial charge is 0.224 e. The molecule has 6 nitrogen and oxygen atoms in total. The van der Waals surface area contributed by atoms with Gasteiger partial charge in [-0.15, -0.1) is 10.2 Å². The van der Waals surface area contributed by atoms with E-state index in [1.807, 2.05) is 6.92 Å². The minimum absolute atomic E-state index is 0.00951. The molecule has 0 radical (unpaired) electrons. The van der Waals surface area contributed by atoms with Crippen molar-refractivity contribution in [2.75, 3.05) is 6.54 Å². The van der Waals surface area contributed by atoms with Gasteiger partial charge in [-0.3, -0.25) is 4.79 Å². The van der Waals surface area contributed by atoms with Gasteiger partial charge in [-0.25, -0.2) is 0 Å². The molecule has 6 heteroatoms. The Morgan fingerprint density at radius 3 is 2.76 bits per heavy atom. The zero-order chi connectivity index (χ0) is 15.6. The van der Waals surface area contributed by atoms with Crippen molar-refractivity contribution in [2.24, 2.45) is 17.1 Å². The Hall–Kier alpha value is -1.43. The van der Waals surface area contributed by atoms with E-state index >= 15 is 0 Å². The lowest BCUT2D eigenvalue weighted by Gasteiger charge is -2.25. The summed E-state index contributed by atoms with van der Waals surface area (Å²) >= 11 is 0. The van der Waals surface area contributed by atoms with Crippen LogP contribution in [-0.4, -0.2) is 27.2 Å². The molecule has 1 aliphatic heterocycles. The molecular weight excluding hydrogens is 266 g/mol. The van der Waals surface area contributed by atoms with Gasteiger partial charge in [0.2, 0.25) is 5.91 Å². The molecule has 3 N–H and O–H groups in total. The Morgan fingerprint density at radius 2 is 2.14 bits per heavy atom. The molecule has 0 aromatic carbocycles. The Morgan fingerprint density at radius 1 is 1.43 bits per heavy atom. The highest BCUT2D eigenvalue weighted by Gasteiger charge is 2.27. The number of carbonyl (C=O) groups is 1. The van der Waals surface area contributed by atoms with E-state index in [2.05, 4.69) is 40.9 Å². The number of fused-ring (bicyclic) bond motifs is 1. The monoisotopic (exact) mass is 293 g/mol. The molecule has 2 unspecified atom stereocenters. The zero-order valence-electron chi connectivity index (χ0n) is 13.5. The van der Waals surface area contributed by atoms with Crippen LogP contribution in [0, 0.1) is 11.3 Å². The first-order valence-corrected chi connectivity index (χ1v) is 7.74. The van der Waals surface area contributed by atoms with Crippen LogP contribution < -0.4 is 11.1 Å². The molecule has 1 amide bonds. The molecule has 2 rings (SSSR count). The summed E-state index contributed by atoms with van der Waals surface area (Å²) < 4.78 is 2.12. The van der Waals surface area contributed by atoms with Gasteiger partial charge in [-0.2, -0.15) is 0 Å². The second-order valence-electron chi connectivity index (χ2n) is 7.16. The van der Waals surface area contributed by atoms with Crippen molar-refractivity contribution in [3.8, 4) is 0 Å². The van der Waals surface area contributed by atoms with E-state index in [1.54, 1.807) is 0 Å². The molecule has 1 aromatic heterocycles. The first kappa shape index (κ1) is 15.9. The average Bonchev–Trinajstić information content (AvgIpc) is 2.96. The van der Waals surface area contributed by atoms with Gasteiger partial charge in [0.25, 0.3) is 0 Å². The lowest BCUT2D eigenvalue weighted by atomic mass is 9.84. The molecule has 0 spiro atoms. The number of nitrogens with two attached hydrogens (primary N) is 1. The summed E-state index contributed by atoms with van der Waals surface area (Å²) in [5.74, 6) is 1.72. The predicted molar refractivity (Wildman–Crippen MR) is 81.5 cm³/mol. The van der Waals surface area contributed by atoms with Crippen molar-refractivity contribution in [3.05, 3.63) is 11.6 Å². The summed E-state index contributed by atoms with van der Waals surface area (Å²) in [5, 5.41) is 11.4. The van der Waals surface area contributed by atoms with Crippen LogP contribution in [0.3, 0.4) is 0 Å². The van der Waals surface area contributed by atoms with Gasteiger partial charge in [0.1, 0.15) is 5.82 Å². The van der Waals surface area contributed by atoms with Crippen LogP contribution in [0.5, 0.6) is 0 Å². The Balaban J connectivity index is 2.01. The van der Waals surface area contributed by atoms with Crippen LogP contribution in [0.25, 0.3) is 0 Å². The standard InChI is InChI=1S/C15H27N5O/c1-10(13-19-18-12-6-5-7-20(12)13)17-14(21)11(9-16)8-15(2,3)4/h10-11H,5-9,16H2,1-4H3,(H,17,21). The maximum atomic E-state index is 12.4. The fourth-order valence-electron chi connectivity index (χ4n) is 2.91. The Kier molecular flexibility index (Phi) is 4.66. The van der Waals surface area contributed by atoms with Gasteiger partial charge in [0.15, 0.2) is 5.82 Å². The van der Waals surface area contributed by atoms with E-state index in [4.69, 9.17) is 5.73 Å². The molecule has 1 aromatic rings. The van der Waals surface area contributed by atoms with Crippen molar-refractivity contribution in [3.63, 3.8) is 0 Å². The van der Waals surface area contributed by atoms with Gasteiger partial charge in [-0.05, 0) is 25.2 Å². The largest absolute Gasteiger partial charge is 0.346 e. The Labute approximate surface area is 126 Å². The summed E-state index contributed by atoms with van der Waals surface area (Å²) in [7, 11) is 0. The number of hydrogen-bond donors (Lipinski definition) is 2. The number of hydrogen-bond acceptors (Lipinski definition) is 4. The predicted octanol–water partition coefficient (Wildman–Crippen LogP) is 1.41. The second-order valence-corrected chi connectivity index (χ2v) is 7.16. The maximum absolute atomic E-state index is 12.4. The second kappa shape index (κ2) is 6.13. The molecule has 2 heterocycles. The van der Waals surface area contributed by atoms with E-state index in [1.165, 1.54) is 0 Å². The van der Waals surface area contributed by atoms with Crippen LogP contribution in [0.4, 0.5) is 0 Å². The van der Waals surface area contributed by atoms with E-state index < -0.39 is 0 Å². The molecule has 0 saturated heterocycles. The van der Waals surface area contributed by atoms with Crippen molar-refractivity contribution in [1.82, 2.24) is 20.1 Å². The third-order valence-corrected chi connectivity index (χ3v) is 3.90. The quantitative estimate of drug-likeness (QED) is 0.859. The molecule has 0 aliphatic carbocycles. The minimum Gasteiger partial charge on any atom is -0.346 e. The molecule has 118 valence electrons. The molecular formula is C15H27N5O. The van der Waals surface area contributed by atoms with Gasteiger partial charge in [0.05, 0.1) is 12.0 Å². The van der Waals surface area contributed by atoms with Gasteiger partial charge in [0, 0.05) is 19.5 Å². The number of aryl methyl sites for hydroxylation is 1. The van der Waals surface area contributed by atoms with E-state index in [-0.39, 0.29) is 23.3 Å².